The van der Waals surface area contributed by atoms with Crippen LogP contribution in [0.1, 0.15) is 36.5 Å². The van der Waals surface area contributed by atoms with Crippen molar-refractivity contribution < 1.29 is 32.7 Å². The molecule has 4 aromatic rings. The van der Waals surface area contributed by atoms with E-state index in [0.29, 0.717) is 30.4 Å². The number of phenols is 1. The van der Waals surface area contributed by atoms with E-state index in [9.17, 15) is 23.2 Å². The Bertz CT molecular complexity index is 1670. The van der Waals surface area contributed by atoms with Gasteiger partial charge in [0.05, 0.1) is 11.9 Å². The van der Waals surface area contributed by atoms with Crippen molar-refractivity contribution in [1.29, 1.82) is 0 Å². The molecule has 0 spiro atoms. The van der Waals surface area contributed by atoms with Crippen molar-refractivity contribution in [3.63, 3.8) is 0 Å². The van der Waals surface area contributed by atoms with Crippen molar-refractivity contribution >= 4 is 22.9 Å². The first kappa shape index (κ1) is 38.0. The lowest BCUT2D eigenvalue weighted by atomic mass is 10.1. The third-order valence-corrected chi connectivity index (χ3v) is 11.5. The lowest BCUT2D eigenvalue weighted by molar-refractivity contribution is 0.104. The van der Waals surface area contributed by atoms with Crippen LogP contribution in [0.5, 0.6) is 17.2 Å². The number of aromatic hydroxyl groups is 1. The molecule has 264 valence electrons. The number of rotatable bonds is 21. The first-order valence-electron chi connectivity index (χ1n) is 16.7. The molecule has 0 saturated heterocycles. The molecule has 4 N–H and O–H groups in total. The van der Waals surface area contributed by atoms with E-state index in [4.69, 9.17) is 9.47 Å². The highest BCUT2D eigenvalue weighted by Crippen LogP contribution is 2.47. The smallest absolute Gasteiger partial charge is 0.229 e. The zero-order valence-electron chi connectivity index (χ0n) is 28.3. The van der Waals surface area contributed by atoms with Gasteiger partial charge in [-0.1, -0.05) is 72.8 Å². The molecule has 49 heavy (non-hydrogen) atoms. The molecule has 0 aromatic heterocycles. The number of aryl methyl sites for hydroxylation is 2. The minimum atomic E-state index is -3.57. The van der Waals surface area contributed by atoms with Gasteiger partial charge in [-0.2, -0.15) is 0 Å². The fourth-order valence-electron chi connectivity index (χ4n) is 5.49. The van der Waals surface area contributed by atoms with Crippen LogP contribution in [0.25, 0.3) is 0 Å². The molecule has 0 heterocycles. The van der Waals surface area contributed by atoms with Crippen LogP contribution in [0.4, 0.5) is 5.69 Å². The van der Waals surface area contributed by atoms with Crippen LogP contribution in [0.3, 0.4) is 0 Å². The van der Waals surface area contributed by atoms with Crippen LogP contribution in [-0.4, -0.2) is 68.9 Å². The summed E-state index contributed by atoms with van der Waals surface area (Å²) in [6, 6.07) is 32.8. The van der Waals surface area contributed by atoms with Gasteiger partial charge in [-0.3, -0.25) is 4.72 Å². The SMILES string of the molecule is C[C@@H](Cc1ccc(OCP(=O)(CCCc2ccccc2)CCCc2ccccc2)cc1)NC[C@@H](O)COc1ccc(O)c(NS(C)(=O)=O)c1. The standard InChI is InChI=1S/C38H49N2O7PS/c1-30(39-27-34(41)28-46-36-21-22-38(42)37(26-36)40-49(2,44)45)25-33-17-19-35(20-18-33)47-29-48(43,23-9-15-31-11-5-3-6-12-31)24-10-16-32-13-7-4-8-14-32/h3-8,11-14,17-22,26,30,34,39-42H,9-10,15-16,23-25,27-29H2,1-2H3/t30-,34+/m0/s1. The molecule has 9 nitrogen and oxygen atoms in total. The predicted molar refractivity (Wildman–Crippen MR) is 198 cm³/mol. The van der Waals surface area contributed by atoms with Gasteiger partial charge in [-0.15, -0.1) is 0 Å². The van der Waals surface area contributed by atoms with Gasteiger partial charge in [-0.05, 0) is 80.0 Å². The number of hydrogen-bond acceptors (Lipinski definition) is 8. The normalized spacial score (nSPS) is 13.0. The highest BCUT2D eigenvalue weighted by Gasteiger charge is 2.23. The van der Waals surface area contributed by atoms with Crippen molar-refractivity contribution in [2.24, 2.45) is 0 Å². The Labute approximate surface area is 291 Å². The van der Waals surface area contributed by atoms with E-state index in [1.54, 1.807) is 0 Å². The van der Waals surface area contributed by atoms with Gasteiger partial charge >= 0.3 is 0 Å². The molecular formula is C38H49N2O7PS. The molecule has 0 aliphatic rings. The average molecular weight is 709 g/mol. The maximum Gasteiger partial charge on any atom is 0.229 e. The maximum atomic E-state index is 14.1. The number of phenolic OH excluding ortho intramolecular Hbond substituents is 1. The third kappa shape index (κ3) is 14.3. The van der Waals surface area contributed by atoms with Crippen LogP contribution in [0, 0.1) is 0 Å². The lowest BCUT2D eigenvalue weighted by Crippen LogP contribution is -2.37. The van der Waals surface area contributed by atoms with Gasteiger partial charge in [0.1, 0.15) is 43.4 Å². The number of aliphatic hydroxyl groups is 1. The summed E-state index contributed by atoms with van der Waals surface area (Å²) in [7, 11) is -6.12. The molecule has 0 fully saturated rings. The Kier molecular flexibility index (Phi) is 14.6. The second kappa shape index (κ2) is 18.8. The molecule has 11 heteroatoms. The van der Waals surface area contributed by atoms with Gasteiger partial charge in [0.2, 0.25) is 10.0 Å². The first-order chi connectivity index (χ1) is 23.5. The summed E-state index contributed by atoms with van der Waals surface area (Å²) in [4.78, 5) is 0. The predicted octanol–water partition coefficient (Wildman–Crippen LogP) is 6.69. The number of anilines is 1. The summed E-state index contributed by atoms with van der Waals surface area (Å²) in [5, 5.41) is 23.6. The molecule has 4 rings (SSSR count). The minimum absolute atomic E-state index is 0.00402. The molecule has 0 aliphatic heterocycles. The van der Waals surface area contributed by atoms with Crippen molar-refractivity contribution in [2.45, 2.75) is 51.2 Å². The van der Waals surface area contributed by atoms with Crippen molar-refractivity contribution in [3.8, 4) is 17.2 Å². The number of sulfonamides is 1. The third-order valence-electron chi connectivity index (χ3n) is 8.09. The van der Waals surface area contributed by atoms with Crippen molar-refractivity contribution in [1.82, 2.24) is 5.32 Å². The summed E-state index contributed by atoms with van der Waals surface area (Å²) in [6.07, 6.45) is 5.98. The highest BCUT2D eigenvalue weighted by molar-refractivity contribution is 7.92. The summed E-state index contributed by atoms with van der Waals surface area (Å²) in [5.41, 5.74) is 3.62. The molecule has 4 aromatic carbocycles. The number of aliphatic hydroxyl groups excluding tert-OH is 1. The molecule has 0 aliphatic carbocycles. The molecule has 0 bridgehead atoms. The van der Waals surface area contributed by atoms with E-state index in [0.717, 1.165) is 43.9 Å². The second-order valence-electron chi connectivity index (χ2n) is 12.6. The topological polar surface area (TPSA) is 134 Å². The van der Waals surface area contributed by atoms with E-state index in [-0.39, 0.29) is 30.4 Å². The van der Waals surface area contributed by atoms with Crippen LogP contribution in [-0.2, 0) is 33.9 Å². The molecular weight excluding hydrogens is 659 g/mol. The van der Waals surface area contributed by atoms with Crippen LogP contribution >= 0.6 is 7.14 Å². The van der Waals surface area contributed by atoms with E-state index >= 15 is 0 Å². The Morgan fingerprint density at radius 3 is 1.92 bits per heavy atom. The van der Waals surface area contributed by atoms with Gasteiger partial charge in [-0.25, -0.2) is 8.42 Å². The summed E-state index contributed by atoms with van der Waals surface area (Å²) >= 11 is 0. The molecule has 2 atom stereocenters. The number of benzene rings is 4. The zero-order chi connectivity index (χ0) is 35.1. The van der Waals surface area contributed by atoms with Crippen molar-refractivity contribution in [3.05, 3.63) is 120 Å². The first-order valence-corrected chi connectivity index (χ1v) is 20.8. The Morgan fingerprint density at radius 1 is 0.776 bits per heavy atom. The zero-order valence-corrected chi connectivity index (χ0v) is 30.0. The second-order valence-corrected chi connectivity index (χ2v) is 17.6. The quantitative estimate of drug-likeness (QED) is 0.0556. The van der Waals surface area contributed by atoms with Gasteiger partial charge in [0.15, 0.2) is 0 Å². The Morgan fingerprint density at radius 2 is 1.35 bits per heavy atom. The number of hydrogen-bond donors (Lipinski definition) is 4. The van der Waals surface area contributed by atoms with Crippen LogP contribution < -0.4 is 19.5 Å². The van der Waals surface area contributed by atoms with E-state index < -0.39 is 23.3 Å². The van der Waals surface area contributed by atoms with Gasteiger partial charge in [0.25, 0.3) is 0 Å². The number of ether oxygens (including phenoxy) is 2. The summed E-state index contributed by atoms with van der Waals surface area (Å²) in [6.45, 7) is 2.30. The molecule has 0 saturated carbocycles. The minimum Gasteiger partial charge on any atom is -0.506 e. The fourth-order valence-corrected chi connectivity index (χ4v) is 8.39. The lowest BCUT2D eigenvalue weighted by Gasteiger charge is -2.20. The van der Waals surface area contributed by atoms with E-state index in [1.807, 2.05) is 67.6 Å². The molecule has 0 unspecified atom stereocenters. The summed E-state index contributed by atoms with van der Waals surface area (Å²) in [5.74, 6) is 0.791. The highest BCUT2D eigenvalue weighted by atomic mass is 32.2. The molecule has 0 amide bonds. The Balaban J connectivity index is 1.22. The molecule has 0 radical (unpaired) electrons. The number of nitrogens with one attached hydrogen (secondary N) is 2. The van der Waals surface area contributed by atoms with E-state index in [2.05, 4.69) is 34.3 Å². The maximum absolute atomic E-state index is 14.1. The fraction of sp³-hybridized carbons (Fsp3) is 0.368. The summed E-state index contributed by atoms with van der Waals surface area (Å²) < 4.78 is 51.1. The monoisotopic (exact) mass is 708 g/mol. The van der Waals surface area contributed by atoms with Gasteiger partial charge in [0, 0.05) is 31.0 Å². The average Bonchev–Trinajstić information content (AvgIpc) is 3.08. The Hall–Kier alpha value is -3.82. The van der Waals surface area contributed by atoms with E-state index in [1.165, 1.54) is 29.3 Å². The largest absolute Gasteiger partial charge is 0.506 e. The van der Waals surface area contributed by atoms with Crippen LogP contribution in [0.2, 0.25) is 0 Å². The van der Waals surface area contributed by atoms with Crippen molar-refractivity contribution in [2.75, 3.05) is 42.8 Å². The van der Waals surface area contributed by atoms with Crippen LogP contribution in [0.15, 0.2) is 103 Å². The van der Waals surface area contributed by atoms with Gasteiger partial charge < -0.3 is 29.6 Å².